The van der Waals surface area contributed by atoms with E-state index >= 15 is 0 Å². The van der Waals surface area contributed by atoms with Gasteiger partial charge in [-0.15, -0.1) is 0 Å². The molecule has 0 bridgehead atoms. The van der Waals surface area contributed by atoms with Gasteiger partial charge in [0.2, 0.25) is 0 Å². The Hall–Kier alpha value is -1.56. The molecule has 1 aromatic rings. The van der Waals surface area contributed by atoms with Gasteiger partial charge >= 0.3 is 5.69 Å². The topological polar surface area (TPSA) is 98.0 Å². The lowest BCUT2D eigenvalue weighted by atomic mass is 9.90. The average molecular weight is 227 g/mol. The summed E-state index contributed by atoms with van der Waals surface area (Å²) in [5.41, 5.74) is -0.356. The number of hydrogen-bond acceptors (Lipinski definition) is 3. The number of carbonyl (C=O) groups is 1. The van der Waals surface area contributed by atoms with Gasteiger partial charge in [-0.2, -0.15) is 0 Å². The van der Waals surface area contributed by atoms with Crippen molar-refractivity contribution >= 4 is 5.91 Å². The molecule has 1 aromatic heterocycles. The maximum absolute atomic E-state index is 11.5. The van der Waals surface area contributed by atoms with E-state index in [2.05, 4.69) is 15.3 Å². The first kappa shape index (κ1) is 12.5. The van der Waals surface area contributed by atoms with Gasteiger partial charge in [0, 0.05) is 19.3 Å². The van der Waals surface area contributed by atoms with E-state index in [-0.39, 0.29) is 23.6 Å². The number of nitrogens with one attached hydrogen (secondary N) is 3. The Labute approximate surface area is 93.1 Å². The number of imidazole rings is 1. The highest BCUT2D eigenvalue weighted by Gasteiger charge is 2.18. The van der Waals surface area contributed by atoms with Crippen molar-refractivity contribution < 1.29 is 9.90 Å². The van der Waals surface area contributed by atoms with Crippen LogP contribution in [0.2, 0.25) is 0 Å². The SMILES string of the molecule is CC(C)(CCO)CNC(=O)c1c[nH]c(=O)[nH]1. The minimum atomic E-state index is -0.403. The fraction of sp³-hybridized carbons (Fsp3) is 0.600. The molecule has 0 aliphatic rings. The lowest BCUT2D eigenvalue weighted by Crippen LogP contribution is -2.34. The summed E-state index contributed by atoms with van der Waals surface area (Å²) in [6, 6.07) is 0. The van der Waals surface area contributed by atoms with Crippen molar-refractivity contribution in [3.63, 3.8) is 0 Å². The number of aromatic nitrogens is 2. The highest BCUT2D eigenvalue weighted by Crippen LogP contribution is 2.17. The minimum Gasteiger partial charge on any atom is -0.396 e. The molecule has 0 radical (unpaired) electrons. The van der Waals surface area contributed by atoms with Crippen molar-refractivity contribution in [2.24, 2.45) is 5.41 Å². The van der Waals surface area contributed by atoms with E-state index in [9.17, 15) is 9.59 Å². The molecule has 0 fully saturated rings. The maximum Gasteiger partial charge on any atom is 0.323 e. The first-order valence-corrected chi connectivity index (χ1v) is 5.11. The fourth-order valence-electron chi connectivity index (χ4n) is 1.26. The van der Waals surface area contributed by atoms with Gasteiger partial charge in [-0.25, -0.2) is 4.79 Å². The van der Waals surface area contributed by atoms with Gasteiger partial charge in [-0.3, -0.25) is 4.79 Å². The standard InChI is InChI=1S/C10H17N3O3/c1-10(2,3-4-14)6-12-8(15)7-5-11-9(16)13-7/h5,14H,3-4,6H2,1-2H3,(H,12,15)(H2,11,13,16). The zero-order valence-electron chi connectivity index (χ0n) is 9.46. The largest absolute Gasteiger partial charge is 0.396 e. The Morgan fingerprint density at radius 1 is 1.56 bits per heavy atom. The Kier molecular flexibility index (Phi) is 3.89. The van der Waals surface area contributed by atoms with Crippen LogP contribution in [0.5, 0.6) is 0 Å². The first-order chi connectivity index (χ1) is 7.44. The van der Waals surface area contributed by atoms with E-state index in [0.717, 1.165) is 0 Å². The number of H-pyrrole nitrogens is 2. The van der Waals surface area contributed by atoms with E-state index in [1.165, 1.54) is 6.20 Å². The van der Waals surface area contributed by atoms with Gasteiger partial charge in [-0.05, 0) is 11.8 Å². The van der Waals surface area contributed by atoms with Crippen molar-refractivity contribution in [1.29, 1.82) is 0 Å². The molecular weight excluding hydrogens is 210 g/mol. The van der Waals surface area contributed by atoms with Gasteiger partial charge in [0.15, 0.2) is 0 Å². The molecule has 6 heteroatoms. The van der Waals surface area contributed by atoms with Crippen LogP contribution in [-0.4, -0.2) is 34.1 Å². The number of carbonyl (C=O) groups excluding carboxylic acids is 1. The van der Waals surface area contributed by atoms with Crippen LogP contribution in [0, 0.1) is 5.41 Å². The normalized spacial score (nSPS) is 11.4. The zero-order valence-corrected chi connectivity index (χ0v) is 9.46. The second-order valence-corrected chi connectivity index (χ2v) is 4.48. The lowest BCUT2D eigenvalue weighted by Gasteiger charge is -2.23. The third-order valence-corrected chi connectivity index (χ3v) is 2.36. The van der Waals surface area contributed by atoms with Crippen LogP contribution in [0.3, 0.4) is 0 Å². The predicted molar refractivity (Wildman–Crippen MR) is 59.2 cm³/mol. The Morgan fingerprint density at radius 2 is 2.25 bits per heavy atom. The molecule has 0 aromatic carbocycles. The van der Waals surface area contributed by atoms with Crippen LogP contribution >= 0.6 is 0 Å². The molecule has 16 heavy (non-hydrogen) atoms. The van der Waals surface area contributed by atoms with Crippen molar-refractivity contribution in [3.05, 3.63) is 22.4 Å². The summed E-state index contributed by atoms with van der Waals surface area (Å²) < 4.78 is 0. The number of aliphatic hydroxyl groups is 1. The molecule has 1 heterocycles. The van der Waals surface area contributed by atoms with Gasteiger partial charge in [0.1, 0.15) is 5.69 Å². The second kappa shape index (κ2) is 4.98. The Balaban J connectivity index is 2.50. The highest BCUT2D eigenvalue weighted by atomic mass is 16.3. The maximum atomic E-state index is 11.5. The molecule has 6 nitrogen and oxygen atoms in total. The van der Waals surface area contributed by atoms with E-state index < -0.39 is 5.69 Å². The molecule has 0 atom stereocenters. The molecular formula is C10H17N3O3. The highest BCUT2D eigenvalue weighted by molar-refractivity contribution is 5.91. The third-order valence-electron chi connectivity index (χ3n) is 2.36. The minimum absolute atomic E-state index is 0.0872. The number of aliphatic hydroxyl groups excluding tert-OH is 1. The predicted octanol–water partition coefficient (Wildman–Crippen LogP) is -0.159. The van der Waals surface area contributed by atoms with Crippen molar-refractivity contribution in [1.82, 2.24) is 15.3 Å². The van der Waals surface area contributed by atoms with Crippen LogP contribution in [0.15, 0.2) is 11.0 Å². The Bertz CT molecular complexity index is 405. The second-order valence-electron chi connectivity index (χ2n) is 4.48. The van der Waals surface area contributed by atoms with E-state index in [1.807, 2.05) is 13.8 Å². The number of rotatable bonds is 5. The van der Waals surface area contributed by atoms with E-state index in [1.54, 1.807) is 0 Å². The van der Waals surface area contributed by atoms with Crippen molar-refractivity contribution in [3.8, 4) is 0 Å². The Morgan fingerprint density at radius 3 is 2.75 bits per heavy atom. The average Bonchev–Trinajstić information content (AvgIpc) is 2.61. The van der Waals surface area contributed by atoms with Gasteiger partial charge in [-0.1, -0.05) is 13.8 Å². The summed E-state index contributed by atoms with van der Waals surface area (Å²) >= 11 is 0. The fourth-order valence-corrected chi connectivity index (χ4v) is 1.26. The van der Waals surface area contributed by atoms with Crippen LogP contribution in [0.25, 0.3) is 0 Å². The van der Waals surface area contributed by atoms with Gasteiger partial charge in [0.25, 0.3) is 5.91 Å². The van der Waals surface area contributed by atoms with E-state index in [4.69, 9.17) is 5.11 Å². The van der Waals surface area contributed by atoms with E-state index in [0.29, 0.717) is 13.0 Å². The molecule has 0 saturated carbocycles. The van der Waals surface area contributed by atoms with Crippen LogP contribution < -0.4 is 11.0 Å². The summed E-state index contributed by atoms with van der Waals surface area (Å²) in [4.78, 5) is 27.1. The van der Waals surface area contributed by atoms with Crippen LogP contribution in [0.1, 0.15) is 30.8 Å². The molecule has 4 N–H and O–H groups in total. The van der Waals surface area contributed by atoms with Crippen molar-refractivity contribution in [2.75, 3.05) is 13.2 Å². The summed E-state index contributed by atoms with van der Waals surface area (Å²) in [6.45, 7) is 4.43. The number of aromatic amines is 2. The van der Waals surface area contributed by atoms with Crippen LogP contribution in [0.4, 0.5) is 0 Å². The molecule has 0 aliphatic heterocycles. The lowest BCUT2D eigenvalue weighted by molar-refractivity contribution is 0.0923. The van der Waals surface area contributed by atoms with Gasteiger partial charge in [0.05, 0.1) is 0 Å². The quantitative estimate of drug-likeness (QED) is 0.562. The summed E-state index contributed by atoms with van der Waals surface area (Å²) in [5, 5.41) is 11.5. The third kappa shape index (κ3) is 3.54. The molecule has 0 aliphatic carbocycles. The zero-order chi connectivity index (χ0) is 12.2. The smallest absolute Gasteiger partial charge is 0.323 e. The molecule has 0 spiro atoms. The molecule has 0 unspecified atom stereocenters. The molecule has 90 valence electrons. The molecule has 1 rings (SSSR count). The van der Waals surface area contributed by atoms with Gasteiger partial charge < -0.3 is 20.4 Å². The molecule has 0 saturated heterocycles. The molecule has 1 amide bonds. The first-order valence-electron chi connectivity index (χ1n) is 5.11. The monoisotopic (exact) mass is 227 g/mol. The number of hydrogen-bond donors (Lipinski definition) is 4. The summed E-state index contributed by atoms with van der Waals surface area (Å²) in [7, 11) is 0. The van der Waals surface area contributed by atoms with Crippen molar-refractivity contribution in [2.45, 2.75) is 20.3 Å². The number of amides is 1. The van der Waals surface area contributed by atoms with Crippen LogP contribution in [-0.2, 0) is 0 Å². The summed E-state index contributed by atoms with van der Waals surface area (Å²) in [6.07, 6.45) is 1.94. The summed E-state index contributed by atoms with van der Waals surface area (Å²) in [5.74, 6) is -0.329.